The Morgan fingerprint density at radius 3 is 2.21 bits per heavy atom. The Balaban J connectivity index is 1.64. The summed E-state index contributed by atoms with van der Waals surface area (Å²) in [5.74, 6) is -0.842. The van der Waals surface area contributed by atoms with Crippen molar-refractivity contribution in [2.45, 2.75) is 24.7 Å². The smallest absolute Gasteiger partial charge is 0.419 e. The predicted molar refractivity (Wildman–Crippen MR) is 141 cm³/mol. The van der Waals surface area contributed by atoms with Crippen LogP contribution in [0.4, 0.5) is 17.6 Å². The van der Waals surface area contributed by atoms with Crippen molar-refractivity contribution in [1.29, 1.82) is 0 Å². The molecule has 1 amide bonds. The standard InChI is InChI=1S/C28H26Cl2F4N2O3/c1-35(13-16-4-6-22(25(31)8-16)28(32,33)34)26-15-36(14-21(26)17-5-7-23(29)24(30)11-17)27(37)18-9-19(38-2)12-20(10-18)39-3/h4-12,21,26H,13-15H2,1-3H3/t21-,26-/m1/s1. The Kier molecular flexibility index (Phi) is 8.63. The van der Waals surface area contributed by atoms with Gasteiger partial charge in [0.25, 0.3) is 5.91 Å². The van der Waals surface area contributed by atoms with Crippen molar-refractivity contribution >= 4 is 29.1 Å². The molecule has 11 heteroatoms. The van der Waals surface area contributed by atoms with Crippen LogP contribution < -0.4 is 9.47 Å². The molecule has 1 saturated heterocycles. The minimum Gasteiger partial charge on any atom is -0.497 e. The molecule has 1 fully saturated rings. The van der Waals surface area contributed by atoms with Crippen LogP contribution in [-0.2, 0) is 12.7 Å². The van der Waals surface area contributed by atoms with Crippen molar-refractivity contribution in [3.8, 4) is 11.5 Å². The molecule has 39 heavy (non-hydrogen) atoms. The Hall–Kier alpha value is -3.01. The topological polar surface area (TPSA) is 42.0 Å². The molecule has 5 nitrogen and oxygen atoms in total. The Morgan fingerprint density at radius 2 is 1.64 bits per heavy atom. The van der Waals surface area contributed by atoms with Gasteiger partial charge in [0.05, 0.1) is 29.8 Å². The fourth-order valence-electron chi connectivity index (χ4n) is 4.88. The quantitative estimate of drug-likeness (QED) is 0.283. The molecule has 208 valence electrons. The third-order valence-electron chi connectivity index (χ3n) is 6.88. The number of ether oxygens (including phenoxy) is 2. The summed E-state index contributed by atoms with van der Waals surface area (Å²) >= 11 is 12.4. The molecule has 0 radical (unpaired) electrons. The van der Waals surface area contributed by atoms with E-state index in [1.807, 2.05) is 11.0 Å². The molecule has 0 spiro atoms. The largest absolute Gasteiger partial charge is 0.497 e. The molecular weight excluding hydrogens is 559 g/mol. The number of halogens is 6. The Labute approximate surface area is 233 Å². The first-order chi connectivity index (χ1) is 18.4. The van der Waals surface area contributed by atoms with Gasteiger partial charge in [-0.2, -0.15) is 13.2 Å². The number of methoxy groups -OCH3 is 2. The second-order valence-electron chi connectivity index (χ2n) is 9.39. The van der Waals surface area contributed by atoms with Gasteiger partial charge in [0, 0.05) is 43.2 Å². The number of likely N-dealkylation sites (tertiary alicyclic amines) is 1. The SMILES string of the molecule is COc1cc(OC)cc(C(=O)N2C[C@H](c3ccc(Cl)c(Cl)c3)[C@H](N(C)Cc3ccc(C(F)(F)F)c(F)c3)C2)c1. The van der Waals surface area contributed by atoms with Crippen molar-refractivity contribution in [3.05, 3.63) is 92.7 Å². The minimum absolute atomic E-state index is 0.159. The van der Waals surface area contributed by atoms with Crippen molar-refractivity contribution < 1.29 is 31.8 Å². The summed E-state index contributed by atoms with van der Waals surface area (Å²) in [6, 6.07) is 12.8. The molecule has 0 saturated carbocycles. The van der Waals surface area contributed by atoms with Crippen molar-refractivity contribution in [3.63, 3.8) is 0 Å². The molecule has 1 heterocycles. The lowest BCUT2D eigenvalue weighted by molar-refractivity contribution is -0.140. The normalized spacial score (nSPS) is 17.5. The summed E-state index contributed by atoms with van der Waals surface area (Å²) < 4.78 is 63.9. The predicted octanol–water partition coefficient (Wildman–Crippen LogP) is 6.91. The van der Waals surface area contributed by atoms with E-state index in [0.29, 0.717) is 45.8 Å². The van der Waals surface area contributed by atoms with Gasteiger partial charge < -0.3 is 14.4 Å². The van der Waals surface area contributed by atoms with Crippen LogP contribution >= 0.6 is 23.2 Å². The highest BCUT2D eigenvalue weighted by Gasteiger charge is 2.39. The van der Waals surface area contributed by atoms with Crippen LogP contribution in [0.1, 0.15) is 33.0 Å². The van der Waals surface area contributed by atoms with E-state index in [4.69, 9.17) is 32.7 Å². The molecule has 0 aromatic heterocycles. The van der Waals surface area contributed by atoms with Crippen LogP contribution in [0.25, 0.3) is 0 Å². The molecular formula is C28H26Cl2F4N2O3. The maximum atomic E-state index is 14.2. The molecule has 3 aromatic carbocycles. The highest BCUT2D eigenvalue weighted by molar-refractivity contribution is 6.42. The summed E-state index contributed by atoms with van der Waals surface area (Å²) in [6.07, 6.45) is -4.78. The average molecular weight is 585 g/mol. The number of hydrogen-bond acceptors (Lipinski definition) is 4. The summed E-state index contributed by atoms with van der Waals surface area (Å²) in [5, 5.41) is 0.752. The van der Waals surface area contributed by atoms with E-state index in [-0.39, 0.29) is 24.4 Å². The molecule has 4 rings (SSSR count). The van der Waals surface area contributed by atoms with E-state index in [1.54, 1.807) is 42.3 Å². The first-order valence-electron chi connectivity index (χ1n) is 11.9. The van der Waals surface area contributed by atoms with Gasteiger partial charge in [-0.05, 0) is 54.6 Å². The van der Waals surface area contributed by atoms with Gasteiger partial charge in [-0.3, -0.25) is 9.69 Å². The van der Waals surface area contributed by atoms with Gasteiger partial charge >= 0.3 is 6.18 Å². The lowest BCUT2D eigenvalue weighted by Gasteiger charge is -2.29. The van der Waals surface area contributed by atoms with Gasteiger partial charge in [0.15, 0.2) is 0 Å². The zero-order chi connectivity index (χ0) is 28.5. The molecule has 2 atom stereocenters. The average Bonchev–Trinajstić information content (AvgIpc) is 3.34. The van der Waals surface area contributed by atoms with Crippen molar-refractivity contribution in [2.24, 2.45) is 0 Å². The molecule has 1 aliphatic heterocycles. The van der Waals surface area contributed by atoms with E-state index >= 15 is 0 Å². The van der Waals surface area contributed by atoms with Gasteiger partial charge in [-0.25, -0.2) is 4.39 Å². The van der Waals surface area contributed by atoms with E-state index < -0.39 is 17.6 Å². The first-order valence-corrected chi connectivity index (χ1v) is 12.7. The van der Waals surface area contributed by atoms with Crippen molar-refractivity contribution in [1.82, 2.24) is 9.80 Å². The van der Waals surface area contributed by atoms with E-state index in [0.717, 1.165) is 17.7 Å². The summed E-state index contributed by atoms with van der Waals surface area (Å²) in [7, 11) is 4.77. The number of alkyl halides is 3. The Bertz CT molecular complexity index is 1350. The molecule has 1 aliphatic rings. The molecule has 0 bridgehead atoms. The third-order valence-corrected chi connectivity index (χ3v) is 7.62. The summed E-state index contributed by atoms with van der Waals surface area (Å²) in [6.45, 7) is 0.808. The monoisotopic (exact) mass is 584 g/mol. The lowest BCUT2D eigenvalue weighted by Crippen LogP contribution is -2.38. The molecule has 3 aromatic rings. The molecule has 0 N–H and O–H groups in total. The zero-order valence-corrected chi connectivity index (χ0v) is 22.9. The van der Waals surface area contributed by atoms with Gasteiger partial charge in [0.2, 0.25) is 0 Å². The fraction of sp³-hybridized carbons (Fsp3) is 0.321. The number of nitrogens with zero attached hydrogens (tertiary/aromatic N) is 2. The highest BCUT2D eigenvalue weighted by Crippen LogP contribution is 2.36. The van der Waals surface area contributed by atoms with E-state index in [9.17, 15) is 22.4 Å². The lowest BCUT2D eigenvalue weighted by atomic mass is 9.93. The van der Waals surface area contributed by atoms with Gasteiger partial charge in [-0.15, -0.1) is 0 Å². The second-order valence-corrected chi connectivity index (χ2v) is 10.2. The van der Waals surface area contributed by atoms with Crippen LogP contribution in [0, 0.1) is 5.82 Å². The number of rotatable bonds is 7. The first kappa shape index (κ1) is 29.0. The van der Waals surface area contributed by atoms with Gasteiger partial charge in [-0.1, -0.05) is 35.3 Å². The molecule has 0 unspecified atom stereocenters. The van der Waals surface area contributed by atoms with Crippen LogP contribution in [0.5, 0.6) is 11.5 Å². The minimum atomic E-state index is -4.78. The number of benzene rings is 3. The number of hydrogen-bond donors (Lipinski definition) is 0. The van der Waals surface area contributed by atoms with Crippen LogP contribution in [0.2, 0.25) is 10.0 Å². The highest BCUT2D eigenvalue weighted by atomic mass is 35.5. The maximum Gasteiger partial charge on any atom is 0.419 e. The van der Waals surface area contributed by atoms with E-state index in [2.05, 4.69) is 0 Å². The van der Waals surface area contributed by atoms with E-state index in [1.165, 1.54) is 20.3 Å². The maximum absolute atomic E-state index is 14.2. The number of likely N-dealkylation sites (N-methyl/N-ethyl adjacent to an activating group) is 1. The summed E-state index contributed by atoms with van der Waals surface area (Å²) in [5.41, 5.74) is 0.290. The van der Waals surface area contributed by atoms with Crippen LogP contribution in [0.15, 0.2) is 54.6 Å². The van der Waals surface area contributed by atoms with Crippen LogP contribution in [0.3, 0.4) is 0 Å². The Morgan fingerprint density at radius 1 is 0.974 bits per heavy atom. The third kappa shape index (κ3) is 6.42. The fourth-order valence-corrected chi connectivity index (χ4v) is 5.18. The number of amides is 1. The van der Waals surface area contributed by atoms with Gasteiger partial charge in [0.1, 0.15) is 17.3 Å². The van der Waals surface area contributed by atoms with Crippen molar-refractivity contribution in [2.75, 3.05) is 34.4 Å². The molecule has 0 aliphatic carbocycles. The zero-order valence-electron chi connectivity index (χ0n) is 21.4. The second kappa shape index (κ2) is 11.6. The summed E-state index contributed by atoms with van der Waals surface area (Å²) in [4.78, 5) is 17.2. The number of carbonyl (C=O) groups excluding carboxylic acids is 1. The number of carbonyl (C=O) groups is 1. The van der Waals surface area contributed by atoms with Crippen LogP contribution in [-0.4, -0.2) is 56.1 Å².